The van der Waals surface area contributed by atoms with Crippen molar-refractivity contribution in [2.45, 2.75) is 6.54 Å². The van der Waals surface area contributed by atoms with Gasteiger partial charge in [0, 0.05) is 54.4 Å². The molecule has 172 valence electrons. The molecule has 2 heterocycles. The first-order chi connectivity index (χ1) is 16.1. The Morgan fingerprint density at radius 3 is 2.48 bits per heavy atom. The fourth-order valence-corrected chi connectivity index (χ4v) is 3.61. The van der Waals surface area contributed by atoms with Crippen molar-refractivity contribution in [2.75, 3.05) is 45.9 Å². The lowest BCUT2D eigenvalue weighted by molar-refractivity contribution is 0.269. The summed E-state index contributed by atoms with van der Waals surface area (Å²) in [5.41, 5.74) is 5.11. The highest BCUT2D eigenvalue weighted by atomic mass is 16.5. The van der Waals surface area contributed by atoms with Crippen molar-refractivity contribution in [2.24, 2.45) is 0 Å². The molecule has 0 bridgehead atoms. The average Bonchev–Trinajstić information content (AvgIpc) is 3.32. The monoisotopic (exact) mass is 448 g/mol. The summed E-state index contributed by atoms with van der Waals surface area (Å²) >= 11 is 0. The van der Waals surface area contributed by atoms with E-state index in [1.165, 1.54) is 0 Å². The largest absolute Gasteiger partial charge is 0.497 e. The van der Waals surface area contributed by atoms with E-state index in [1.807, 2.05) is 49.6 Å². The molecule has 0 atom stereocenters. The fourth-order valence-electron chi connectivity index (χ4n) is 3.61. The molecule has 0 fully saturated rings. The number of aliphatic hydroxyl groups excluding tert-OH is 1. The quantitative estimate of drug-likeness (QED) is 0.382. The Hall–Kier alpha value is -3.69. The second-order valence-electron chi connectivity index (χ2n) is 7.47. The van der Waals surface area contributed by atoms with Gasteiger partial charge in [-0.25, -0.2) is 4.98 Å². The minimum Gasteiger partial charge on any atom is -0.497 e. The first-order valence-electron chi connectivity index (χ1n) is 10.7. The van der Waals surface area contributed by atoms with E-state index in [2.05, 4.69) is 20.3 Å². The molecule has 0 amide bonds. The predicted molar refractivity (Wildman–Crippen MR) is 128 cm³/mol. The van der Waals surface area contributed by atoms with Crippen molar-refractivity contribution < 1.29 is 14.6 Å². The highest BCUT2D eigenvalue weighted by Gasteiger charge is 2.14. The van der Waals surface area contributed by atoms with E-state index in [4.69, 9.17) is 19.6 Å². The minimum atomic E-state index is 0.0331. The van der Waals surface area contributed by atoms with Gasteiger partial charge < -0.3 is 24.8 Å². The van der Waals surface area contributed by atoms with Crippen LogP contribution in [0, 0.1) is 0 Å². The van der Waals surface area contributed by atoms with Crippen molar-refractivity contribution in [1.82, 2.24) is 25.1 Å². The summed E-state index contributed by atoms with van der Waals surface area (Å²) in [7, 11) is 5.22. The van der Waals surface area contributed by atoms with Crippen LogP contribution < -0.4 is 19.7 Å². The van der Waals surface area contributed by atoms with E-state index in [-0.39, 0.29) is 6.61 Å². The second kappa shape index (κ2) is 10.3. The molecule has 0 aliphatic heterocycles. The lowest BCUT2D eigenvalue weighted by atomic mass is 10.2. The van der Waals surface area contributed by atoms with Crippen molar-refractivity contribution in [3.63, 3.8) is 0 Å². The molecule has 0 saturated heterocycles. The molecule has 4 aromatic rings. The number of hydrogen-bond donors (Lipinski definition) is 2. The van der Waals surface area contributed by atoms with Gasteiger partial charge in [-0.1, -0.05) is 0 Å². The van der Waals surface area contributed by atoms with Crippen molar-refractivity contribution in [3.8, 4) is 22.8 Å². The van der Waals surface area contributed by atoms with E-state index in [0.29, 0.717) is 6.54 Å². The molecule has 0 aliphatic rings. The number of nitrogens with zero attached hydrogens (tertiary/aromatic N) is 5. The zero-order valence-corrected chi connectivity index (χ0v) is 19.0. The predicted octanol–water partition coefficient (Wildman–Crippen LogP) is 2.86. The van der Waals surface area contributed by atoms with E-state index in [1.54, 1.807) is 31.3 Å². The second-order valence-corrected chi connectivity index (χ2v) is 7.47. The molecule has 2 aromatic carbocycles. The molecule has 0 unspecified atom stereocenters. The van der Waals surface area contributed by atoms with Crippen LogP contribution in [0.15, 0.2) is 55.0 Å². The minimum absolute atomic E-state index is 0.0331. The Balaban J connectivity index is 1.74. The maximum absolute atomic E-state index is 9.13. The van der Waals surface area contributed by atoms with Crippen LogP contribution in [-0.2, 0) is 6.54 Å². The number of aliphatic hydroxyl groups is 1. The summed E-state index contributed by atoms with van der Waals surface area (Å²) in [5, 5.41) is 16.6. The first-order valence-corrected chi connectivity index (χ1v) is 10.7. The van der Waals surface area contributed by atoms with Gasteiger partial charge in [-0.05, 0) is 25.2 Å². The van der Waals surface area contributed by atoms with Crippen LogP contribution in [0.2, 0.25) is 0 Å². The number of aromatic nitrogens is 4. The zero-order chi connectivity index (χ0) is 23.2. The zero-order valence-electron chi connectivity index (χ0n) is 19.0. The number of anilines is 2. The number of methoxy groups -OCH3 is 2. The molecule has 0 spiro atoms. The third kappa shape index (κ3) is 5.05. The Bertz CT molecular complexity index is 1200. The van der Waals surface area contributed by atoms with Crippen molar-refractivity contribution >= 4 is 22.4 Å². The molecule has 2 aromatic heterocycles. The van der Waals surface area contributed by atoms with E-state index in [9.17, 15) is 0 Å². The molecule has 0 aliphatic carbocycles. The number of likely N-dealkylation sites (N-methyl/N-ethyl adjacent to an activating group) is 1. The summed E-state index contributed by atoms with van der Waals surface area (Å²) in [6.45, 7) is 1.99. The van der Waals surface area contributed by atoms with Crippen LogP contribution in [0.3, 0.4) is 0 Å². The number of hydrogen-bond acceptors (Lipinski definition) is 8. The number of ether oxygens (including phenoxy) is 2. The maximum Gasteiger partial charge on any atom is 0.124 e. The van der Waals surface area contributed by atoms with Crippen LogP contribution >= 0.6 is 0 Å². The Labute approximate surface area is 192 Å². The third-order valence-corrected chi connectivity index (χ3v) is 5.33. The van der Waals surface area contributed by atoms with Crippen LogP contribution in [0.1, 0.15) is 0 Å². The molecule has 2 N–H and O–H groups in total. The van der Waals surface area contributed by atoms with Crippen LogP contribution in [0.5, 0.6) is 11.5 Å². The fraction of sp³-hybridized carbons (Fsp3) is 0.292. The Morgan fingerprint density at radius 1 is 1.00 bits per heavy atom. The van der Waals surface area contributed by atoms with E-state index >= 15 is 0 Å². The van der Waals surface area contributed by atoms with Crippen LogP contribution in [-0.4, -0.2) is 65.8 Å². The van der Waals surface area contributed by atoms with Gasteiger partial charge in [-0.15, -0.1) is 0 Å². The molecule has 0 radical (unpaired) electrons. The summed E-state index contributed by atoms with van der Waals surface area (Å²) in [6.07, 6.45) is 5.34. The summed E-state index contributed by atoms with van der Waals surface area (Å²) < 4.78 is 12.6. The number of rotatable bonds is 10. The number of benzene rings is 2. The van der Waals surface area contributed by atoms with Crippen LogP contribution in [0.25, 0.3) is 22.3 Å². The smallest absolute Gasteiger partial charge is 0.124 e. The van der Waals surface area contributed by atoms with Gasteiger partial charge >= 0.3 is 0 Å². The van der Waals surface area contributed by atoms with Gasteiger partial charge in [-0.3, -0.25) is 9.67 Å². The molecule has 9 heteroatoms. The highest BCUT2D eigenvalue weighted by molar-refractivity contribution is 5.82. The van der Waals surface area contributed by atoms with Crippen molar-refractivity contribution in [3.05, 3.63) is 55.0 Å². The Morgan fingerprint density at radius 2 is 1.79 bits per heavy atom. The lowest BCUT2D eigenvalue weighted by Gasteiger charge is -2.26. The lowest BCUT2D eigenvalue weighted by Crippen LogP contribution is -2.26. The normalized spacial score (nSPS) is 11.0. The van der Waals surface area contributed by atoms with Gasteiger partial charge in [0.15, 0.2) is 0 Å². The molecular formula is C24H28N6O3. The molecule has 4 rings (SSSR count). The van der Waals surface area contributed by atoms with Gasteiger partial charge in [-0.2, -0.15) is 5.10 Å². The Kier molecular flexibility index (Phi) is 7.01. The summed E-state index contributed by atoms with van der Waals surface area (Å²) in [5.74, 6) is 1.45. The topological polar surface area (TPSA) is 97.6 Å². The average molecular weight is 449 g/mol. The van der Waals surface area contributed by atoms with Crippen LogP contribution in [0.4, 0.5) is 11.4 Å². The number of fused-ring (bicyclic) bond motifs is 1. The summed E-state index contributed by atoms with van der Waals surface area (Å²) in [4.78, 5) is 11.6. The van der Waals surface area contributed by atoms with Crippen molar-refractivity contribution in [1.29, 1.82) is 0 Å². The SMILES string of the molecule is CNCCN(c1cc(OC)cc(OC)c1)c1ccc2ncc(-c3cnn(CCO)c3)nc2c1. The standard InChI is InChI=1S/C24H28N6O3/c1-25-6-7-30(19-10-20(32-2)13-21(11-19)33-3)18-4-5-22-23(12-18)28-24(15-26-22)17-14-27-29(16-17)8-9-31/h4-5,10-16,25,31H,6-9H2,1-3H3. The highest BCUT2D eigenvalue weighted by Crippen LogP contribution is 2.34. The van der Waals surface area contributed by atoms with E-state index in [0.717, 1.165) is 58.3 Å². The molecule has 9 nitrogen and oxygen atoms in total. The molecule has 0 saturated carbocycles. The maximum atomic E-state index is 9.13. The van der Waals surface area contributed by atoms with Gasteiger partial charge in [0.25, 0.3) is 0 Å². The summed E-state index contributed by atoms with van der Waals surface area (Å²) in [6, 6.07) is 11.9. The molecular weight excluding hydrogens is 420 g/mol. The van der Waals surface area contributed by atoms with E-state index < -0.39 is 0 Å². The van der Waals surface area contributed by atoms with Gasteiger partial charge in [0.1, 0.15) is 11.5 Å². The third-order valence-electron chi connectivity index (χ3n) is 5.33. The number of nitrogens with one attached hydrogen (secondary N) is 1. The van der Waals surface area contributed by atoms with Gasteiger partial charge in [0.2, 0.25) is 0 Å². The van der Waals surface area contributed by atoms with Gasteiger partial charge in [0.05, 0.1) is 56.5 Å². The first kappa shape index (κ1) is 22.5. The molecule has 33 heavy (non-hydrogen) atoms.